The molecule has 0 bridgehead atoms. The molecular formula is C22H27ClN8O. The number of hydrogen-bond donors (Lipinski definition) is 3. The third-order valence-electron chi connectivity index (χ3n) is 5.91. The molecule has 3 N–H and O–H groups in total. The van der Waals surface area contributed by atoms with Gasteiger partial charge in [-0.1, -0.05) is 41.9 Å². The summed E-state index contributed by atoms with van der Waals surface area (Å²) in [6.07, 6.45) is 1.57. The quantitative estimate of drug-likeness (QED) is 0.517. The Bertz CT molecular complexity index is 1070. The first-order chi connectivity index (χ1) is 15.7. The molecule has 0 spiro atoms. The van der Waals surface area contributed by atoms with Gasteiger partial charge in [-0.3, -0.25) is 0 Å². The maximum atomic E-state index is 10.5. The van der Waals surface area contributed by atoms with Crippen molar-refractivity contribution in [3.05, 3.63) is 41.0 Å². The van der Waals surface area contributed by atoms with Gasteiger partial charge < -0.3 is 25.5 Å². The second-order valence-electron chi connectivity index (χ2n) is 8.12. The zero-order valence-corrected chi connectivity index (χ0v) is 18.6. The molecule has 2 aliphatic heterocycles. The molecule has 0 amide bonds. The molecule has 4 heterocycles. The Hall–Kier alpha value is -2.75. The average Bonchev–Trinajstić information content (AvgIpc) is 3.38. The lowest BCUT2D eigenvalue weighted by molar-refractivity contribution is 0.191. The second-order valence-corrected chi connectivity index (χ2v) is 8.48. The molecule has 0 radical (unpaired) electrons. The number of aromatic nitrogens is 4. The van der Waals surface area contributed by atoms with Crippen molar-refractivity contribution in [1.82, 2.24) is 25.3 Å². The molecule has 3 aromatic rings. The second kappa shape index (κ2) is 9.40. The van der Waals surface area contributed by atoms with Crippen LogP contribution in [0.5, 0.6) is 0 Å². The fraction of sp³-hybridized carbons (Fsp3) is 0.455. The van der Waals surface area contributed by atoms with Crippen LogP contribution in [-0.4, -0.2) is 70.9 Å². The van der Waals surface area contributed by atoms with E-state index in [1.807, 2.05) is 30.3 Å². The Morgan fingerprint density at radius 2 is 1.72 bits per heavy atom. The summed E-state index contributed by atoms with van der Waals surface area (Å²) in [4.78, 5) is 23.4. The number of benzene rings is 1. The summed E-state index contributed by atoms with van der Waals surface area (Å²) >= 11 is 6.49. The molecule has 5 rings (SSSR count). The fourth-order valence-electron chi connectivity index (χ4n) is 4.16. The lowest BCUT2D eigenvalue weighted by atomic mass is 10.1. The van der Waals surface area contributed by atoms with Crippen LogP contribution in [-0.2, 0) is 0 Å². The summed E-state index contributed by atoms with van der Waals surface area (Å²) in [7, 11) is 0. The van der Waals surface area contributed by atoms with E-state index in [9.17, 15) is 5.11 Å². The van der Waals surface area contributed by atoms with E-state index in [0.717, 1.165) is 63.5 Å². The standard InChI is InChI=1S/C22H27ClN8O/c23-18-20(25-14-16(32)15-6-2-1-3-7-15)27-19-17(26-18)21(30-10-4-5-11-30)29-22(28-19)31-12-8-24-9-13-31/h1-3,6-7,16,24,32H,4-5,8-14H2,(H,25,27,28,29). The highest BCUT2D eigenvalue weighted by molar-refractivity contribution is 6.32. The molecule has 0 saturated carbocycles. The maximum absolute atomic E-state index is 10.5. The van der Waals surface area contributed by atoms with Gasteiger partial charge in [-0.05, 0) is 18.4 Å². The first kappa shape index (κ1) is 21.1. The topological polar surface area (TPSA) is 102 Å². The highest BCUT2D eigenvalue weighted by Crippen LogP contribution is 2.30. The number of halogens is 1. The highest BCUT2D eigenvalue weighted by atomic mass is 35.5. The van der Waals surface area contributed by atoms with E-state index in [1.54, 1.807) is 0 Å². The zero-order chi connectivity index (χ0) is 21.9. The van der Waals surface area contributed by atoms with E-state index in [-0.39, 0.29) is 11.7 Å². The molecule has 9 nitrogen and oxygen atoms in total. The van der Waals surface area contributed by atoms with Crippen LogP contribution in [0.2, 0.25) is 5.15 Å². The van der Waals surface area contributed by atoms with Crippen LogP contribution in [0.3, 0.4) is 0 Å². The Kier molecular flexibility index (Phi) is 6.20. The van der Waals surface area contributed by atoms with Gasteiger partial charge in [0.25, 0.3) is 0 Å². The molecule has 1 aromatic carbocycles. The average molecular weight is 455 g/mol. The summed E-state index contributed by atoms with van der Waals surface area (Å²) in [6, 6.07) is 9.49. The van der Waals surface area contributed by atoms with Gasteiger partial charge in [-0.25, -0.2) is 9.97 Å². The van der Waals surface area contributed by atoms with Gasteiger partial charge in [0.1, 0.15) is 0 Å². The molecule has 0 aliphatic carbocycles. The Balaban J connectivity index is 1.47. The minimum absolute atomic E-state index is 0.247. The number of nitrogens with zero attached hydrogens (tertiary/aromatic N) is 6. The first-order valence-corrected chi connectivity index (χ1v) is 11.5. The van der Waals surface area contributed by atoms with Gasteiger partial charge in [0.2, 0.25) is 5.95 Å². The Morgan fingerprint density at radius 1 is 0.969 bits per heavy atom. The Labute approximate surface area is 191 Å². The molecule has 2 saturated heterocycles. The molecule has 32 heavy (non-hydrogen) atoms. The van der Waals surface area contributed by atoms with Crippen molar-refractivity contribution >= 4 is 40.3 Å². The molecule has 168 valence electrons. The minimum atomic E-state index is -0.688. The van der Waals surface area contributed by atoms with Gasteiger partial charge in [0.05, 0.1) is 6.10 Å². The smallest absolute Gasteiger partial charge is 0.229 e. The summed E-state index contributed by atoms with van der Waals surface area (Å²) in [5, 5.41) is 17.2. The van der Waals surface area contributed by atoms with Gasteiger partial charge >= 0.3 is 0 Å². The number of anilines is 3. The predicted octanol–water partition coefficient (Wildman–Crippen LogP) is 2.23. The lowest BCUT2D eigenvalue weighted by Crippen LogP contribution is -2.44. The third-order valence-corrected chi connectivity index (χ3v) is 6.17. The Morgan fingerprint density at radius 3 is 2.47 bits per heavy atom. The van der Waals surface area contributed by atoms with Crippen molar-refractivity contribution in [1.29, 1.82) is 0 Å². The van der Waals surface area contributed by atoms with E-state index in [1.165, 1.54) is 0 Å². The number of aliphatic hydroxyl groups is 1. The van der Waals surface area contributed by atoms with Gasteiger partial charge in [-0.2, -0.15) is 9.97 Å². The maximum Gasteiger partial charge on any atom is 0.229 e. The summed E-state index contributed by atoms with van der Waals surface area (Å²) in [6.45, 7) is 5.64. The van der Waals surface area contributed by atoms with Crippen LogP contribution < -0.4 is 20.4 Å². The third kappa shape index (κ3) is 4.41. The molecule has 2 aliphatic rings. The number of aliphatic hydroxyl groups excluding tert-OH is 1. The van der Waals surface area contributed by atoms with Crippen molar-refractivity contribution < 1.29 is 5.11 Å². The highest BCUT2D eigenvalue weighted by Gasteiger charge is 2.24. The van der Waals surface area contributed by atoms with Crippen molar-refractivity contribution in [3.63, 3.8) is 0 Å². The normalized spacial score (nSPS) is 17.7. The summed E-state index contributed by atoms with van der Waals surface area (Å²) in [5.41, 5.74) is 1.95. The van der Waals surface area contributed by atoms with E-state index >= 15 is 0 Å². The summed E-state index contributed by atoms with van der Waals surface area (Å²) < 4.78 is 0. The number of piperazine rings is 1. The predicted molar refractivity (Wildman–Crippen MR) is 127 cm³/mol. The van der Waals surface area contributed by atoms with E-state index in [2.05, 4.69) is 25.4 Å². The zero-order valence-electron chi connectivity index (χ0n) is 17.8. The van der Waals surface area contributed by atoms with Crippen molar-refractivity contribution in [2.75, 3.05) is 60.9 Å². The van der Waals surface area contributed by atoms with Gasteiger partial charge in [-0.15, -0.1) is 0 Å². The van der Waals surface area contributed by atoms with Crippen molar-refractivity contribution in [2.45, 2.75) is 18.9 Å². The number of nitrogens with one attached hydrogen (secondary N) is 2. The van der Waals surface area contributed by atoms with Crippen LogP contribution in [0, 0.1) is 0 Å². The van der Waals surface area contributed by atoms with Crippen molar-refractivity contribution in [2.24, 2.45) is 0 Å². The monoisotopic (exact) mass is 454 g/mol. The van der Waals surface area contributed by atoms with Gasteiger partial charge in [0.15, 0.2) is 28.0 Å². The first-order valence-electron chi connectivity index (χ1n) is 11.1. The van der Waals surface area contributed by atoms with Crippen LogP contribution in [0.1, 0.15) is 24.5 Å². The molecule has 1 unspecified atom stereocenters. The molecule has 2 aromatic heterocycles. The largest absolute Gasteiger partial charge is 0.387 e. The van der Waals surface area contributed by atoms with Crippen LogP contribution in [0.4, 0.5) is 17.6 Å². The number of fused-ring (bicyclic) bond motifs is 1. The number of hydrogen-bond acceptors (Lipinski definition) is 9. The molecule has 1 atom stereocenters. The molecule has 2 fully saturated rings. The van der Waals surface area contributed by atoms with E-state index in [4.69, 9.17) is 26.6 Å². The van der Waals surface area contributed by atoms with Crippen molar-refractivity contribution in [3.8, 4) is 0 Å². The molecular weight excluding hydrogens is 428 g/mol. The number of rotatable bonds is 6. The molecule has 10 heteroatoms. The summed E-state index contributed by atoms with van der Waals surface area (Å²) in [5.74, 6) is 1.88. The lowest BCUT2D eigenvalue weighted by Gasteiger charge is -2.28. The SMILES string of the molecule is OC(CNc1nc2nc(N3CCNCC3)nc(N3CCCC3)c2nc1Cl)c1ccccc1. The van der Waals surface area contributed by atoms with E-state index < -0.39 is 6.10 Å². The van der Waals surface area contributed by atoms with Gasteiger partial charge in [0, 0.05) is 45.8 Å². The van der Waals surface area contributed by atoms with Crippen LogP contribution in [0.25, 0.3) is 11.2 Å². The van der Waals surface area contributed by atoms with Crippen LogP contribution in [0.15, 0.2) is 30.3 Å². The fourth-order valence-corrected chi connectivity index (χ4v) is 4.35. The minimum Gasteiger partial charge on any atom is -0.387 e. The van der Waals surface area contributed by atoms with Crippen LogP contribution >= 0.6 is 11.6 Å². The van der Waals surface area contributed by atoms with E-state index in [0.29, 0.717) is 22.9 Å².